The minimum Gasteiger partial charge on any atom is -0.481 e. The van der Waals surface area contributed by atoms with Crippen LogP contribution in [0, 0.1) is 0 Å². The van der Waals surface area contributed by atoms with E-state index >= 15 is 0 Å². The zero-order chi connectivity index (χ0) is 33.4. The van der Waals surface area contributed by atoms with Crippen LogP contribution in [0.5, 0.6) is 0 Å². The first-order valence-corrected chi connectivity index (χ1v) is 16.1. The highest BCUT2D eigenvalue weighted by Crippen LogP contribution is 2.30. The Balaban J connectivity index is 1.72. The first-order valence-electron chi connectivity index (χ1n) is 16.1. The molecule has 15 heteroatoms. The van der Waals surface area contributed by atoms with Crippen LogP contribution in [0.2, 0.25) is 0 Å². The molecule has 0 aromatic heterocycles. The summed E-state index contributed by atoms with van der Waals surface area (Å²) in [6.45, 7) is -0.177. The normalized spacial score (nSPS) is 32.7. The Morgan fingerprint density at radius 2 is 1.24 bits per heavy atom. The van der Waals surface area contributed by atoms with E-state index in [1.54, 1.807) is 0 Å². The minimum absolute atomic E-state index is 0.195. The molecule has 264 valence electrons. The fourth-order valence-electron chi connectivity index (χ4n) is 5.42. The van der Waals surface area contributed by atoms with E-state index in [1.807, 2.05) is 0 Å². The van der Waals surface area contributed by atoms with Crippen molar-refractivity contribution in [2.75, 3.05) is 19.8 Å². The van der Waals surface area contributed by atoms with Gasteiger partial charge in [-0.25, -0.2) is 0 Å². The molecule has 0 aromatic carbocycles. The Bertz CT molecular complexity index is 829. The summed E-state index contributed by atoms with van der Waals surface area (Å²) in [7, 11) is 0. The highest BCUT2D eigenvalue weighted by atomic mass is 16.7. The van der Waals surface area contributed by atoms with E-state index in [2.05, 4.69) is 0 Å². The molecular formula is C30H54O15. The van der Waals surface area contributed by atoms with Gasteiger partial charge in [0.05, 0.1) is 19.3 Å². The van der Waals surface area contributed by atoms with E-state index in [1.165, 1.54) is 0 Å². The number of rotatable bonds is 22. The van der Waals surface area contributed by atoms with Crippen molar-refractivity contribution in [2.24, 2.45) is 0 Å². The van der Waals surface area contributed by atoms with Crippen LogP contribution in [0.1, 0.15) is 90.4 Å². The van der Waals surface area contributed by atoms with Gasteiger partial charge >= 0.3 is 11.9 Å². The number of ether oxygens (including phenoxy) is 5. The predicted octanol–water partition coefficient (Wildman–Crippen LogP) is -0.285. The fraction of sp³-hybridized carbons (Fsp3) is 0.933. The Morgan fingerprint density at radius 1 is 0.711 bits per heavy atom. The van der Waals surface area contributed by atoms with Crippen LogP contribution in [-0.4, -0.2) is 140 Å². The third-order valence-corrected chi connectivity index (χ3v) is 8.11. The van der Waals surface area contributed by atoms with Gasteiger partial charge in [0, 0.05) is 13.3 Å². The highest BCUT2D eigenvalue weighted by Gasteiger charge is 2.51. The van der Waals surface area contributed by atoms with Gasteiger partial charge in [-0.15, -0.1) is 0 Å². The third-order valence-electron chi connectivity index (χ3n) is 8.11. The molecular weight excluding hydrogens is 600 g/mol. The second-order valence-electron chi connectivity index (χ2n) is 11.9. The maximum atomic E-state index is 11.4. The maximum absolute atomic E-state index is 11.4. The number of aliphatic hydroxyl groups is 7. The number of hydrogen-bond donors (Lipinski definition) is 8. The van der Waals surface area contributed by atoms with Crippen molar-refractivity contribution in [3.05, 3.63) is 0 Å². The third kappa shape index (κ3) is 14.0. The van der Waals surface area contributed by atoms with E-state index in [9.17, 15) is 45.3 Å². The van der Waals surface area contributed by atoms with Crippen LogP contribution in [-0.2, 0) is 33.3 Å². The lowest BCUT2D eigenvalue weighted by Crippen LogP contribution is -2.65. The van der Waals surface area contributed by atoms with Gasteiger partial charge in [0.1, 0.15) is 55.4 Å². The SMILES string of the molecule is CC(=O)OC[C@H]1O[C@@H](OCC(O)CCCCCCCCCCCCCC(=O)O)[C@H](O)[C@@H](O)[C@@H]1O[C@@H]1O[C@H](CO)[C@@H](O)[C@H](O)[C@H]1O. The summed E-state index contributed by atoms with van der Waals surface area (Å²) in [5.74, 6) is -1.40. The molecule has 15 nitrogen and oxygen atoms in total. The van der Waals surface area contributed by atoms with Crippen molar-refractivity contribution in [3.63, 3.8) is 0 Å². The number of aliphatic carboxylic acids is 1. The lowest BCUT2D eigenvalue weighted by molar-refractivity contribution is -0.360. The van der Waals surface area contributed by atoms with Gasteiger partial charge in [0.2, 0.25) is 0 Å². The zero-order valence-corrected chi connectivity index (χ0v) is 26.1. The average molecular weight is 655 g/mol. The molecule has 45 heavy (non-hydrogen) atoms. The molecule has 2 heterocycles. The Labute approximate surface area is 264 Å². The number of carboxylic acids is 1. The summed E-state index contributed by atoms with van der Waals surface area (Å²) in [5, 5.41) is 80.4. The molecule has 0 radical (unpaired) electrons. The van der Waals surface area contributed by atoms with Crippen molar-refractivity contribution in [1.29, 1.82) is 0 Å². The van der Waals surface area contributed by atoms with Gasteiger partial charge < -0.3 is 64.5 Å². The van der Waals surface area contributed by atoms with E-state index in [0.29, 0.717) is 6.42 Å². The Morgan fingerprint density at radius 3 is 1.80 bits per heavy atom. The Kier molecular flexibility index (Phi) is 18.9. The van der Waals surface area contributed by atoms with Crippen LogP contribution in [0.25, 0.3) is 0 Å². The van der Waals surface area contributed by atoms with E-state index < -0.39 is 92.7 Å². The molecule has 2 fully saturated rings. The molecule has 8 N–H and O–H groups in total. The zero-order valence-electron chi connectivity index (χ0n) is 26.1. The largest absolute Gasteiger partial charge is 0.481 e. The van der Waals surface area contributed by atoms with Crippen LogP contribution >= 0.6 is 0 Å². The van der Waals surface area contributed by atoms with Crippen molar-refractivity contribution in [1.82, 2.24) is 0 Å². The lowest BCUT2D eigenvalue weighted by Gasteiger charge is -2.46. The average Bonchev–Trinajstić information content (AvgIpc) is 3.00. The van der Waals surface area contributed by atoms with Crippen molar-refractivity contribution < 1.29 is 74.1 Å². The van der Waals surface area contributed by atoms with Gasteiger partial charge in [-0.1, -0.05) is 64.2 Å². The van der Waals surface area contributed by atoms with Gasteiger partial charge in [-0.2, -0.15) is 0 Å². The van der Waals surface area contributed by atoms with Crippen molar-refractivity contribution in [3.8, 4) is 0 Å². The molecule has 2 rings (SSSR count). The summed E-state index contributed by atoms with van der Waals surface area (Å²) >= 11 is 0. The van der Waals surface area contributed by atoms with Crippen LogP contribution in [0.4, 0.5) is 0 Å². The molecule has 1 unspecified atom stereocenters. The number of carboxylic acid groups (broad SMARTS) is 1. The van der Waals surface area contributed by atoms with Crippen molar-refractivity contribution in [2.45, 2.75) is 158 Å². The van der Waals surface area contributed by atoms with E-state index in [-0.39, 0.29) is 13.0 Å². The predicted molar refractivity (Wildman–Crippen MR) is 156 cm³/mol. The number of hydrogen-bond acceptors (Lipinski definition) is 14. The summed E-state index contributed by atoms with van der Waals surface area (Å²) in [5.41, 5.74) is 0. The second kappa shape index (κ2) is 21.4. The monoisotopic (exact) mass is 654 g/mol. The molecule has 2 aliphatic rings. The number of aliphatic hydroxyl groups excluding tert-OH is 7. The quantitative estimate of drug-likeness (QED) is 0.0553. The van der Waals surface area contributed by atoms with Crippen molar-refractivity contribution >= 4 is 11.9 Å². The van der Waals surface area contributed by atoms with Crippen LogP contribution in [0.3, 0.4) is 0 Å². The molecule has 0 saturated carbocycles. The smallest absolute Gasteiger partial charge is 0.303 e. The number of carbonyl (C=O) groups is 2. The summed E-state index contributed by atoms with van der Waals surface area (Å²) in [6.07, 6.45) is -4.51. The molecule has 0 bridgehead atoms. The van der Waals surface area contributed by atoms with Gasteiger partial charge in [-0.05, 0) is 12.8 Å². The first-order chi connectivity index (χ1) is 21.5. The topological polar surface area (TPSA) is 242 Å². The summed E-state index contributed by atoms with van der Waals surface area (Å²) in [6, 6.07) is 0. The molecule has 0 spiro atoms. The molecule has 0 aliphatic carbocycles. The first kappa shape index (κ1) is 39.7. The van der Waals surface area contributed by atoms with Crippen LogP contribution in [0.15, 0.2) is 0 Å². The second-order valence-corrected chi connectivity index (χ2v) is 11.9. The van der Waals surface area contributed by atoms with Gasteiger partial charge in [0.15, 0.2) is 12.6 Å². The Hall–Kier alpha value is -1.50. The van der Waals surface area contributed by atoms with E-state index in [0.717, 1.165) is 77.6 Å². The number of carbonyl (C=O) groups excluding carboxylic acids is 1. The number of unbranched alkanes of at least 4 members (excludes halogenated alkanes) is 10. The maximum Gasteiger partial charge on any atom is 0.303 e. The van der Waals surface area contributed by atoms with Crippen LogP contribution < -0.4 is 0 Å². The lowest BCUT2D eigenvalue weighted by atomic mass is 9.97. The minimum atomic E-state index is -1.78. The standard InChI is InChI=1S/C30H54O15/c1-18(32)41-17-21-28(45-30-26(39)24(37)23(36)20(15-31)43-30)25(38)27(40)29(44-21)42-16-19(33)13-11-9-7-5-3-2-4-6-8-10-12-14-22(34)35/h19-21,23-31,33,36-40H,2-17H2,1H3,(H,34,35)/t19?,20-,21-,23-,24+,25-,26-,27-,28-,29-,30+/m1/s1. The molecule has 2 saturated heterocycles. The molecule has 0 amide bonds. The highest BCUT2D eigenvalue weighted by molar-refractivity contribution is 5.66. The summed E-state index contributed by atoms with van der Waals surface area (Å²) in [4.78, 5) is 22.0. The molecule has 11 atom stereocenters. The van der Waals surface area contributed by atoms with Gasteiger partial charge in [0.25, 0.3) is 0 Å². The molecule has 2 aliphatic heterocycles. The fourth-order valence-corrected chi connectivity index (χ4v) is 5.42. The number of esters is 1. The summed E-state index contributed by atoms with van der Waals surface area (Å²) < 4.78 is 27.2. The molecule has 0 aromatic rings. The van der Waals surface area contributed by atoms with Gasteiger partial charge in [-0.3, -0.25) is 9.59 Å². The van der Waals surface area contributed by atoms with E-state index in [4.69, 9.17) is 28.8 Å².